The highest BCUT2D eigenvalue weighted by molar-refractivity contribution is 6.35. The fourth-order valence-corrected chi connectivity index (χ4v) is 2.60. The van der Waals surface area contributed by atoms with Crippen LogP contribution in [0.15, 0.2) is 36.4 Å². The first-order valence-corrected chi connectivity index (χ1v) is 7.13. The lowest BCUT2D eigenvalue weighted by Gasteiger charge is -2.14. The third-order valence-corrected chi connectivity index (χ3v) is 3.80. The zero-order valence-electron chi connectivity index (χ0n) is 11.1. The van der Waals surface area contributed by atoms with Gasteiger partial charge in [-0.2, -0.15) is 0 Å². The zero-order valence-corrected chi connectivity index (χ0v) is 12.6. The summed E-state index contributed by atoms with van der Waals surface area (Å²) >= 11 is 12.1. The molecule has 0 saturated carbocycles. The number of hydrogen-bond acceptors (Lipinski definition) is 1. The molecule has 0 saturated heterocycles. The fourth-order valence-electron chi connectivity index (χ4n) is 2.12. The lowest BCUT2D eigenvalue weighted by atomic mass is 10.1. The molecule has 0 unspecified atom stereocenters. The second-order valence-electron chi connectivity index (χ2n) is 4.55. The minimum atomic E-state index is 0.666. The van der Waals surface area contributed by atoms with Crippen molar-refractivity contribution in [3.05, 3.63) is 63.1 Å². The summed E-state index contributed by atoms with van der Waals surface area (Å²) in [6, 6.07) is 12.0. The first kappa shape index (κ1) is 14.2. The Morgan fingerprint density at radius 2 is 1.84 bits per heavy atom. The average Bonchev–Trinajstić information content (AvgIpc) is 2.39. The van der Waals surface area contributed by atoms with Crippen LogP contribution in [-0.2, 0) is 13.0 Å². The molecular formula is C16H17Cl2N. The number of benzene rings is 2. The minimum Gasteiger partial charge on any atom is -0.380 e. The first-order chi connectivity index (χ1) is 9.11. The molecule has 3 heteroatoms. The molecule has 0 radical (unpaired) electrons. The zero-order chi connectivity index (χ0) is 13.8. The highest BCUT2D eigenvalue weighted by Crippen LogP contribution is 2.25. The van der Waals surface area contributed by atoms with Gasteiger partial charge in [0.1, 0.15) is 0 Å². The van der Waals surface area contributed by atoms with E-state index in [1.807, 2.05) is 12.1 Å². The lowest BCUT2D eigenvalue weighted by molar-refractivity contribution is 1.08. The van der Waals surface area contributed by atoms with Crippen LogP contribution >= 0.6 is 23.2 Å². The Morgan fingerprint density at radius 3 is 2.53 bits per heavy atom. The van der Waals surface area contributed by atoms with Crippen LogP contribution in [0, 0.1) is 6.92 Å². The van der Waals surface area contributed by atoms with Crippen molar-refractivity contribution in [3.63, 3.8) is 0 Å². The van der Waals surface area contributed by atoms with Gasteiger partial charge in [0.15, 0.2) is 0 Å². The Balaban J connectivity index is 2.19. The van der Waals surface area contributed by atoms with E-state index < -0.39 is 0 Å². The molecule has 0 bridgehead atoms. The number of para-hydroxylation sites is 1. The van der Waals surface area contributed by atoms with Crippen LogP contribution in [0.3, 0.4) is 0 Å². The first-order valence-electron chi connectivity index (χ1n) is 6.38. The predicted molar refractivity (Wildman–Crippen MR) is 84.3 cm³/mol. The molecule has 19 heavy (non-hydrogen) atoms. The summed E-state index contributed by atoms with van der Waals surface area (Å²) in [6.07, 6.45) is 1.01. The van der Waals surface area contributed by atoms with E-state index in [4.69, 9.17) is 23.2 Å². The van der Waals surface area contributed by atoms with Crippen LogP contribution in [0.25, 0.3) is 0 Å². The number of anilines is 1. The molecule has 100 valence electrons. The lowest BCUT2D eigenvalue weighted by Crippen LogP contribution is -2.04. The Labute approximate surface area is 124 Å². The summed E-state index contributed by atoms with van der Waals surface area (Å²) in [7, 11) is 0. The van der Waals surface area contributed by atoms with Crippen molar-refractivity contribution in [3.8, 4) is 0 Å². The van der Waals surface area contributed by atoms with Gasteiger partial charge in [0, 0.05) is 22.3 Å². The van der Waals surface area contributed by atoms with Gasteiger partial charge in [-0.05, 0) is 42.2 Å². The fraction of sp³-hybridized carbons (Fsp3) is 0.250. The van der Waals surface area contributed by atoms with Crippen molar-refractivity contribution < 1.29 is 0 Å². The highest BCUT2D eigenvalue weighted by Gasteiger charge is 2.05. The van der Waals surface area contributed by atoms with Crippen molar-refractivity contribution >= 4 is 28.9 Å². The summed E-state index contributed by atoms with van der Waals surface area (Å²) < 4.78 is 0. The van der Waals surface area contributed by atoms with Crippen LogP contribution < -0.4 is 5.32 Å². The topological polar surface area (TPSA) is 12.0 Å². The van der Waals surface area contributed by atoms with Crippen molar-refractivity contribution in [1.29, 1.82) is 0 Å². The van der Waals surface area contributed by atoms with Crippen LogP contribution in [0.5, 0.6) is 0 Å². The van der Waals surface area contributed by atoms with Gasteiger partial charge in [-0.15, -0.1) is 0 Å². The molecule has 2 aromatic carbocycles. The Hall–Kier alpha value is -1.18. The molecule has 0 heterocycles. The molecule has 0 fully saturated rings. The summed E-state index contributed by atoms with van der Waals surface area (Å²) in [6.45, 7) is 4.98. The van der Waals surface area contributed by atoms with Crippen LogP contribution in [0.1, 0.15) is 23.6 Å². The third kappa shape index (κ3) is 3.43. The van der Waals surface area contributed by atoms with Gasteiger partial charge in [0.2, 0.25) is 0 Å². The van der Waals surface area contributed by atoms with Crippen molar-refractivity contribution in [2.45, 2.75) is 26.8 Å². The molecule has 0 aliphatic carbocycles. The van der Waals surface area contributed by atoms with Crippen molar-refractivity contribution in [2.24, 2.45) is 0 Å². The second kappa shape index (κ2) is 6.31. The molecule has 0 amide bonds. The van der Waals surface area contributed by atoms with E-state index in [1.165, 1.54) is 16.8 Å². The maximum absolute atomic E-state index is 6.18. The number of halogens is 2. The average molecular weight is 294 g/mol. The van der Waals surface area contributed by atoms with E-state index in [2.05, 4.69) is 37.4 Å². The van der Waals surface area contributed by atoms with Crippen molar-refractivity contribution in [2.75, 3.05) is 5.32 Å². The number of hydrogen-bond donors (Lipinski definition) is 1. The summed E-state index contributed by atoms with van der Waals surface area (Å²) in [5.41, 5.74) is 4.84. The SMILES string of the molecule is CCc1cccc(C)c1NCc1ccc(Cl)cc1Cl. The van der Waals surface area contributed by atoms with Gasteiger partial charge >= 0.3 is 0 Å². The standard InChI is InChI=1S/C16H17Cl2N/c1-3-12-6-4-5-11(2)16(12)19-10-13-7-8-14(17)9-15(13)18/h4-9,19H,3,10H2,1-2H3. The number of rotatable bonds is 4. The molecule has 1 nitrogen and oxygen atoms in total. The van der Waals surface area contributed by atoms with Gasteiger partial charge in [0.05, 0.1) is 0 Å². The Bertz CT molecular complexity index is 579. The van der Waals surface area contributed by atoms with Gasteiger partial charge < -0.3 is 5.32 Å². The molecule has 0 aliphatic rings. The monoisotopic (exact) mass is 293 g/mol. The summed E-state index contributed by atoms with van der Waals surface area (Å²) in [5.74, 6) is 0. The van der Waals surface area contributed by atoms with Crippen molar-refractivity contribution in [1.82, 2.24) is 0 Å². The maximum atomic E-state index is 6.18. The van der Waals surface area contributed by atoms with Gasteiger partial charge in [-0.3, -0.25) is 0 Å². The number of aryl methyl sites for hydroxylation is 2. The predicted octanol–water partition coefficient (Wildman–Crippen LogP) is 5.48. The smallest absolute Gasteiger partial charge is 0.0470 e. The van der Waals surface area contributed by atoms with E-state index in [0.717, 1.165) is 12.0 Å². The Kier molecular flexibility index (Phi) is 4.73. The van der Waals surface area contributed by atoms with E-state index in [9.17, 15) is 0 Å². The maximum Gasteiger partial charge on any atom is 0.0470 e. The van der Waals surface area contributed by atoms with Gasteiger partial charge in [0.25, 0.3) is 0 Å². The van der Waals surface area contributed by atoms with Crippen LogP contribution in [-0.4, -0.2) is 0 Å². The molecule has 0 aliphatic heterocycles. The van der Waals surface area contributed by atoms with E-state index in [-0.39, 0.29) is 0 Å². The molecular weight excluding hydrogens is 277 g/mol. The van der Waals surface area contributed by atoms with E-state index >= 15 is 0 Å². The molecule has 0 aromatic heterocycles. The van der Waals surface area contributed by atoms with Gasteiger partial charge in [-0.1, -0.05) is 54.4 Å². The molecule has 2 aromatic rings. The van der Waals surface area contributed by atoms with Crippen LogP contribution in [0.2, 0.25) is 10.0 Å². The largest absolute Gasteiger partial charge is 0.380 e. The quantitative estimate of drug-likeness (QED) is 0.787. The molecule has 2 rings (SSSR count). The summed E-state index contributed by atoms with van der Waals surface area (Å²) in [4.78, 5) is 0. The molecule has 0 spiro atoms. The highest BCUT2D eigenvalue weighted by atomic mass is 35.5. The van der Waals surface area contributed by atoms with Gasteiger partial charge in [-0.25, -0.2) is 0 Å². The van der Waals surface area contributed by atoms with Crippen LogP contribution in [0.4, 0.5) is 5.69 Å². The molecule has 0 atom stereocenters. The Morgan fingerprint density at radius 1 is 1.05 bits per heavy atom. The molecule has 1 N–H and O–H groups in total. The van der Waals surface area contributed by atoms with E-state index in [1.54, 1.807) is 6.07 Å². The second-order valence-corrected chi connectivity index (χ2v) is 5.40. The third-order valence-electron chi connectivity index (χ3n) is 3.21. The summed E-state index contributed by atoms with van der Waals surface area (Å²) in [5, 5.41) is 4.85. The minimum absolute atomic E-state index is 0.666. The normalized spacial score (nSPS) is 10.5. The number of nitrogens with one attached hydrogen (secondary N) is 1. The van der Waals surface area contributed by atoms with E-state index in [0.29, 0.717) is 16.6 Å².